The van der Waals surface area contributed by atoms with Crippen LogP contribution in [0.2, 0.25) is 0 Å². The first-order chi connectivity index (χ1) is 10.5. The molecule has 2 rings (SSSR count). The number of rotatable bonds is 5. The van der Waals surface area contributed by atoms with Crippen molar-refractivity contribution in [1.29, 1.82) is 0 Å². The van der Waals surface area contributed by atoms with Gasteiger partial charge in [0.05, 0.1) is 11.5 Å². The van der Waals surface area contributed by atoms with Gasteiger partial charge in [-0.15, -0.1) is 0 Å². The predicted molar refractivity (Wildman–Crippen MR) is 81.9 cm³/mol. The highest BCUT2D eigenvalue weighted by molar-refractivity contribution is 5.77. The Morgan fingerprint density at radius 1 is 1.32 bits per heavy atom. The number of hydrogen-bond donors (Lipinski definition) is 0. The van der Waals surface area contributed by atoms with Gasteiger partial charge in [0.15, 0.2) is 0 Å². The lowest BCUT2D eigenvalue weighted by molar-refractivity contribution is -0.384. The molecule has 1 saturated heterocycles. The van der Waals surface area contributed by atoms with Crippen LogP contribution in [0.4, 0.5) is 5.69 Å². The van der Waals surface area contributed by atoms with Crippen molar-refractivity contribution in [1.82, 2.24) is 9.80 Å². The maximum Gasteiger partial charge on any atom is 0.269 e. The van der Waals surface area contributed by atoms with Crippen LogP contribution in [-0.4, -0.2) is 60.5 Å². The van der Waals surface area contributed by atoms with Crippen molar-refractivity contribution in [3.63, 3.8) is 0 Å². The van der Waals surface area contributed by atoms with E-state index in [9.17, 15) is 14.9 Å². The molecule has 1 heterocycles. The summed E-state index contributed by atoms with van der Waals surface area (Å²) in [6.07, 6.45) is 1.78. The molecule has 0 radical (unpaired) electrons. The average Bonchev–Trinajstić information content (AvgIpc) is 2.49. The Hall–Kier alpha value is -2.15. The quantitative estimate of drug-likeness (QED) is 0.609. The van der Waals surface area contributed by atoms with Gasteiger partial charge in [0.25, 0.3) is 5.69 Å². The Balaban J connectivity index is 1.79. The van der Waals surface area contributed by atoms with Crippen LogP contribution in [-0.2, 0) is 4.79 Å². The van der Waals surface area contributed by atoms with Gasteiger partial charge in [-0.1, -0.05) is 0 Å². The third-order valence-electron chi connectivity index (χ3n) is 3.74. The van der Waals surface area contributed by atoms with Crippen LogP contribution in [0.1, 0.15) is 12.8 Å². The van der Waals surface area contributed by atoms with Crippen LogP contribution in [0.25, 0.3) is 0 Å². The number of benzene rings is 1. The minimum atomic E-state index is -0.427. The Labute approximate surface area is 129 Å². The molecule has 7 heteroatoms. The number of nitrogens with zero attached hydrogens (tertiary/aromatic N) is 3. The number of nitro groups is 1. The fraction of sp³-hybridized carbons (Fsp3) is 0.533. The van der Waals surface area contributed by atoms with Crippen LogP contribution < -0.4 is 4.74 Å². The Morgan fingerprint density at radius 2 is 1.91 bits per heavy atom. The Bertz CT molecular complexity index is 522. The maximum atomic E-state index is 11.7. The summed E-state index contributed by atoms with van der Waals surface area (Å²) in [6, 6.07) is 6.14. The molecule has 1 aliphatic heterocycles. The van der Waals surface area contributed by atoms with Crippen LogP contribution in [0.5, 0.6) is 5.75 Å². The summed E-state index contributed by atoms with van der Waals surface area (Å²) in [5.74, 6) is 0.753. The zero-order chi connectivity index (χ0) is 16.1. The second-order valence-electron chi connectivity index (χ2n) is 5.63. The van der Waals surface area contributed by atoms with Crippen LogP contribution in [0, 0.1) is 10.1 Å². The zero-order valence-corrected chi connectivity index (χ0v) is 12.9. The summed E-state index contributed by atoms with van der Waals surface area (Å²) in [5.41, 5.74) is 0.0596. The zero-order valence-electron chi connectivity index (χ0n) is 12.9. The molecule has 1 aromatic carbocycles. The molecule has 0 aromatic heterocycles. The minimum absolute atomic E-state index is 0.0596. The summed E-state index contributed by atoms with van der Waals surface area (Å²) < 4.78 is 5.85. The minimum Gasteiger partial charge on any atom is -0.490 e. The van der Waals surface area contributed by atoms with Crippen molar-refractivity contribution in [3.05, 3.63) is 34.4 Å². The number of carbonyl (C=O) groups is 1. The van der Waals surface area contributed by atoms with E-state index in [1.165, 1.54) is 12.1 Å². The fourth-order valence-corrected chi connectivity index (χ4v) is 2.36. The topological polar surface area (TPSA) is 75.9 Å². The smallest absolute Gasteiger partial charge is 0.269 e. The molecule has 7 nitrogen and oxygen atoms in total. The van der Waals surface area contributed by atoms with Gasteiger partial charge in [0.1, 0.15) is 11.9 Å². The first-order valence-corrected chi connectivity index (χ1v) is 7.29. The highest BCUT2D eigenvalue weighted by Crippen LogP contribution is 2.21. The number of piperidine rings is 1. The number of ether oxygens (including phenoxy) is 1. The van der Waals surface area contributed by atoms with E-state index < -0.39 is 4.92 Å². The number of nitro benzene ring substituents is 1. The highest BCUT2D eigenvalue weighted by atomic mass is 16.6. The van der Waals surface area contributed by atoms with Gasteiger partial charge in [-0.25, -0.2) is 0 Å². The van der Waals surface area contributed by atoms with Gasteiger partial charge in [-0.05, 0) is 25.0 Å². The van der Waals surface area contributed by atoms with Crippen molar-refractivity contribution in [2.45, 2.75) is 18.9 Å². The average molecular weight is 307 g/mol. The van der Waals surface area contributed by atoms with Crippen LogP contribution in [0.15, 0.2) is 24.3 Å². The van der Waals surface area contributed by atoms with Gasteiger partial charge in [-0.2, -0.15) is 0 Å². The fourth-order valence-electron chi connectivity index (χ4n) is 2.36. The molecule has 0 bridgehead atoms. The molecule has 0 atom stereocenters. The Morgan fingerprint density at radius 3 is 2.41 bits per heavy atom. The molecule has 0 aliphatic carbocycles. The summed E-state index contributed by atoms with van der Waals surface area (Å²) >= 11 is 0. The molecular weight excluding hydrogens is 286 g/mol. The number of amides is 1. The van der Waals surface area contributed by atoms with Crippen molar-refractivity contribution in [2.75, 3.05) is 33.7 Å². The SMILES string of the molecule is CN(C)C(=O)CN1CCC(Oc2ccc([N+](=O)[O-])cc2)CC1. The Kier molecular flexibility index (Phi) is 5.32. The summed E-state index contributed by atoms with van der Waals surface area (Å²) in [6.45, 7) is 2.08. The number of hydrogen-bond acceptors (Lipinski definition) is 5. The molecule has 22 heavy (non-hydrogen) atoms. The number of likely N-dealkylation sites (N-methyl/N-ethyl adjacent to an activating group) is 1. The first-order valence-electron chi connectivity index (χ1n) is 7.29. The van der Waals surface area contributed by atoms with E-state index >= 15 is 0 Å². The molecule has 0 saturated carbocycles. The molecule has 1 fully saturated rings. The van der Waals surface area contributed by atoms with E-state index in [0.29, 0.717) is 12.3 Å². The molecular formula is C15H21N3O4. The maximum absolute atomic E-state index is 11.7. The largest absolute Gasteiger partial charge is 0.490 e. The number of carbonyl (C=O) groups excluding carboxylic acids is 1. The highest BCUT2D eigenvalue weighted by Gasteiger charge is 2.22. The standard InChI is InChI=1S/C15H21N3O4/c1-16(2)15(19)11-17-9-7-14(8-10-17)22-13-5-3-12(4-6-13)18(20)21/h3-6,14H,7-11H2,1-2H3. The van der Waals surface area contributed by atoms with E-state index in [4.69, 9.17) is 4.74 Å². The van der Waals surface area contributed by atoms with Crippen LogP contribution >= 0.6 is 0 Å². The van der Waals surface area contributed by atoms with Crippen molar-refractivity contribution in [2.24, 2.45) is 0 Å². The lowest BCUT2D eigenvalue weighted by atomic mass is 10.1. The molecule has 120 valence electrons. The lowest BCUT2D eigenvalue weighted by Crippen LogP contribution is -2.43. The van der Waals surface area contributed by atoms with E-state index in [1.54, 1.807) is 31.1 Å². The van der Waals surface area contributed by atoms with Gasteiger partial charge >= 0.3 is 0 Å². The summed E-state index contributed by atoms with van der Waals surface area (Å²) in [5, 5.41) is 10.6. The van der Waals surface area contributed by atoms with Gasteiger partial charge in [0, 0.05) is 39.3 Å². The molecule has 0 spiro atoms. The summed E-state index contributed by atoms with van der Waals surface area (Å²) in [7, 11) is 3.51. The third kappa shape index (κ3) is 4.42. The predicted octanol–water partition coefficient (Wildman–Crippen LogP) is 1.53. The first kappa shape index (κ1) is 16.2. The number of likely N-dealkylation sites (tertiary alicyclic amines) is 1. The molecule has 0 unspecified atom stereocenters. The second-order valence-corrected chi connectivity index (χ2v) is 5.63. The van der Waals surface area contributed by atoms with E-state index in [2.05, 4.69) is 4.90 Å². The number of non-ortho nitro benzene ring substituents is 1. The summed E-state index contributed by atoms with van der Waals surface area (Å²) in [4.78, 5) is 25.6. The van der Waals surface area contributed by atoms with E-state index in [1.807, 2.05) is 0 Å². The molecule has 1 aliphatic rings. The lowest BCUT2D eigenvalue weighted by Gasteiger charge is -2.32. The van der Waals surface area contributed by atoms with Gasteiger partial charge < -0.3 is 9.64 Å². The molecule has 1 aromatic rings. The van der Waals surface area contributed by atoms with Crippen molar-refractivity contribution >= 4 is 11.6 Å². The van der Waals surface area contributed by atoms with Crippen molar-refractivity contribution < 1.29 is 14.5 Å². The van der Waals surface area contributed by atoms with Crippen LogP contribution in [0.3, 0.4) is 0 Å². The second kappa shape index (κ2) is 7.22. The van der Waals surface area contributed by atoms with E-state index in [-0.39, 0.29) is 17.7 Å². The van der Waals surface area contributed by atoms with Gasteiger partial charge in [-0.3, -0.25) is 19.8 Å². The monoisotopic (exact) mass is 307 g/mol. The van der Waals surface area contributed by atoms with E-state index in [0.717, 1.165) is 25.9 Å². The molecule has 0 N–H and O–H groups in total. The molecule has 1 amide bonds. The van der Waals surface area contributed by atoms with Gasteiger partial charge in [0.2, 0.25) is 5.91 Å². The third-order valence-corrected chi connectivity index (χ3v) is 3.74. The normalized spacial score (nSPS) is 16.3. The van der Waals surface area contributed by atoms with Crippen molar-refractivity contribution in [3.8, 4) is 5.75 Å².